The van der Waals surface area contributed by atoms with Gasteiger partial charge in [0, 0.05) is 43.1 Å². The number of benzene rings is 1. The van der Waals surface area contributed by atoms with Crippen molar-refractivity contribution in [1.82, 2.24) is 25.0 Å². The molecule has 1 unspecified atom stereocenters. The Morgan fingerprint density at radius 2 is 1.71 bits per heavy atom. The van der Waals surface area contributed by atoms with Crippen molar-refractivity contribution in [3.05, 3.63) is 61.7 Å². The van der Waals surface area contributed by atoms with Crippen molar-refractivity contribution in [1.29, 1.82) is 0 Å². The van der Waals surface area contributed by atoms with Crippen LogP contribution < -0.4 is 0 Å². The van der Waals surface area contributed by atoms with E-state index in [0.29, 0.717) is 0 Å². The summed E-state index contributed by atoms with van der Waals surface area (Å²) in [6.07, 6.45) is -3.10. The monoisotopic (exact) mass is 649 g/mol. The number of halogens is 7. The average molecular weight is 650 g/mol. The zero-order valence-corrected chi connectivity index (χ0v) is 24.3. The molecule has 2 atom stereocenters. The summed E-state index contributed by atoms with van der Waals surface area (Å²) in [6, 6.07) is 3.28. The number of hydrogen-bond donors (Lipinski definition) is 0. The summed E-state index contributed by atoms with van der Waals surface area (Å²) in [6.45, 7) is 4.34. The lowest BCUT2D eigenvalue weighted by Gasteiger charge is -2.50. The predicted octanol–water partition coefficient (Wildman–Crippen LogP) is 6.11. The number of rotatable bonds is 5. The quantitative estimate of drug-likeness (QED) is 0.310. The van der Waals surface area contributed by atoms with Gasteiger partial charge in [0.15, 0.2) is 5.01 Å². The van der Waals surface area contributed by atoms with Crippen LogP contribution in [0.4, 0.5) is 22.0 Å². The van der Waals surface area contributed by atoms with Crippen molar-refractivity contribution in [2.45, 2.75) is 38.3 Å². The highest BCUT2D eigenvalue weighted by Crippen LogP contribution is 2.56. The molecule has 3 aliphatic rings. The molecule has 1 spiro atoms. The molecule has 6 rings (SSSR count). The third-order valence-electron chi connectivity index (χ3n) is 8.32. The third-order valence-corrected chi connectivity index (χ3v) is 10.1. The van der Waals surface area contributed by atoms with Gasteiger partial charge in [-0.05, 0) is 24.0 Å². The van der Waals surface area contributed by atoms with Crippen molar-refractivity contribution in [3.8, 4) is 0 Å². The molecule has 224 valence electrons. The Kier molecular flexibility index (Phi) is 6.67. The number of aromatic nitrogens is 3. The lowest BCUT2D eigenvalue weighted by atomic mass is 9.71. The van der Waals surface area contributed by atoms with E-state index in [2.05, 4.69) is 15.2 Å². The fourth-order valence-corrected chi connectivity index (χ4v) is 6.79. The fourth-order valence-electron chi connectivity index (χ4n) is 5.74. The van der Waals surface area contributed by atoms with E-state index >= 15 is 8.78 Å². The van der Waals surface area contributed by atoms with E-state index in [0.717, 1.165) is 24.8 Å². The minimum absolute atomic E-state index is 0.0382. The van der Waals surface area contributed by atoms with Crippen LogP contribution in [-0.4, -0.2) is 63.0 Å². The summed E-state index contributed by atoms with van der Waals surface area (Å²) in [5.74, 6) is -6.51. The van der Waals surface area contributed by atoms with Crippen molar-refractivity contribution in [2.24, 2.45) is 16.7 Å². The van der Waals surface area contributed by atoms with Gasteiger partial charge in [0.25, 0.3) is 11.8 Å². The number of likely N-dealkylation sites (tertiary alicyclic amines) is 2. The van der Waals surface area contributed by atoms with E-state index in [1.54, 1.807) is 4.90 Å². The summed E-state index contributed by atoms with van der Waals surface area (Å²) in [7, 11) is 0. The second kappa shape index (κ2) is 9.58. The van der Waals surface area contributed by atoms with Crippen LogP contribution in [0.1, 0.15) is 58.2 Å². The van der Waals surface area contributed by atoms with Crippen LogP contribution in [0.3, 0.4) is 0 Å². The largest absolute Gasteiger partial charge is 0.443 e. The zero-order valence-electron chi connectivity index (χ0n) is 22.0. The van der Waals surface area contributed by atoms with Crippen molar-refractivity contribution in [3.63, 3.8) is 0 Å². The summed E-state index contributed by atoms with van der Waals surface area (Å²) < 4.78 is 75.5. The van der Waals surface area contributed by atoms with E-state index in [9.17, 15) is 22.8 Å². The third kappa shape index (κ3) is 4.84. The molecule has 4 heterocycles. The van der Waals surface area contributed by atoms with Crippen LogP contribution in [-0.2, 0) is 16.9 Å². The van der Waals surface area contributed by atoms with Gasteiger partial charge >= 0.3 is 12.1 Å². The Hall–Kier alpha value is -2.84. The average Bonchev–Trinajstić information content (AvgIpc) is 3.40. The van der Waals surface area contributed by atoms with Crippen LogP contribution >= 0.6 is 34.5 Å². The molecule has 2 amide bonds. The maximum absolute atomic E-state index is 15.3. The number of hydrogen-bond acceptors (Lipinski definition) is 7. The lowest BCUT2D eigenvalue weighted by molar-refractivity contribution is -0.146. The van der Waals surface area contributed by atoms with Gasteiger partial charge in [-0.2, -0.15) is 22.0 Å². The van der Waals surface area contributed by atoms with Gasteiger partial charge in [-0.15, -0.1) is 21.5 Å². The van der Waals surface area contributed by atoms with E-state index in [1.807, 2.05) is 13.8 Å². The Morgan fingerprint density at radius 1 is 1.05 bits per heavy atom. The van der Waals surface area contributed by atoms with Crippen LogP contribution in [0.15, 0.2) is 28.8 Å². The maximum Gasteiger partial charge on any atom is 0.443 e. The normalized spacial score (nSPS) is 22.9. The number of nitrogens with zero attached hydrogens (tertiary/aromatic N) is 5. The van der Waals surface area contributed by atoms with Gasteiger partial charge in [0.1, 0.15) is 4.88 Å². The highest BCUT2D eigenvalue weighted by Gasteiger charge is 2.62. The van der Waals surface area contributed by atoms with Crippen LogP contribution in [0.25, 0.3) is 0 Å². The summed E-state index contributed by atoms with van der Waals surface area (Å²) in [5.41, 5.74) is -1.45. The van der Waals surface area contributed by atoms with Crippen LogP contribution in [0.2, 0.25) is 10.0 Å². The zero-order chi connectivity index (χ0) is 30.4. The van der Waals surface area contributed by atoms with Gasteiger partial charge in [-0.25, -0.2) is 4.98 Å². The van der Waals surface area contributed by atoms with E-state index in [4.69, 9.17) is 27.6 Å². The molecular formula is C26H22Cl2F5N5O3S. The maximum atomic E-state index is 15.3. The van der Waals surface area contributed by atoms with Gasteiger partial charge in [0.2, 0.25) is 11.8 Å². The highest BCUT2D eigenvalue weighted by atomic mass is 35.5. The van der Waals surface area contributed by atoms with Crippen molar-refractivity contribution in [2.75, 3.05) is 26.2 Å². The van der Waals surface area contributed by atoms with Crippen LogP contribution in [0.5, 0.6) is 0 Å². The van der Waals surface area contributed by atoms with Gasteiger partial charge < -0.3 is 14.2 Å². The number of carbonyl (C=O) groups is 2. The molecule has 2 saturated heterocycles. The lowest BCUT2D eigenvalue weighted by Crippen LogP contribution is -2.62. The molecule has 1 saturated carbocycles. The Balaban J connectivity index is 1.28. The molecular weight excluding hydrogens is 628 g/mol. The fraction of sp³-hybridized carbons (Fsp3) is 0.500. The standard InChI is InChI=1S/C26H22Cl2F5N5O3S/c1-23(2)6-13(23)19(39)38-10-24(11-38)9-37(20(40)17-7-34-22(42-17)26(31,32)33)8-14(24)18-35-36-21(41-18)25(29,30)12-3-4-15(27)16(28)5-12/h3-5,7,13-14H,6,8-11H2,1-2H3/t13-,14?/m1/s1. The predicted molar refractivity (Wildman–Crippen MR) is 140 cm³/mol. The first-order valence-corrected chi connectivity index (χ1v) is 14.4. The van der Waals surface area contributed by atoms with Crippen molar-refractivity contribution < 1.29 is 36.0 Å². The molecule has 16 heteroatoms. The smallest absolute Gasteiger partial charge is 0.419 e. The minimum Gasteiger partial charge on any atom is -0.419 e. The molecule has 2 aliphatic heterocycles. The van der Waals surface area contributed by atoms with Crippen molar-refractivity contribution >= 4 is 46.4 Å². The molecule has 3 aromatic rings. The van der Waals surface area contributed by atoms with E-state index in [-0.39, 0.29) is 75.6 Å². The highest BCUT2D eigenvalue weighted by molar-refractivity contribution is 7.13. The Labute approximate surface area is 249 Å². The molecule has 1 aliphatic carbocycles. The summed E-state index contributed by atoms with van der Waals surface area (Å²) >= 11 is 12.0. The topological polar surface area (TPSA) is 92.4 Å². The molecule has 0 radical (unpaired) electrons. The van der Waals surface area contributed by atoms with Gasteiger partial charge in [-0.1, -0.05) is 43.1 Å². The summed E-state index contributed by atoms with van der Waals surface area (Å²) in [4.78, 5) is 32.4. The Morgan fingerprint density at radius 3 is 2.31 bits per heavy atom. The number of alkyl halides is 5. The molecule has 8 nitrogen and oxygen atoms in total. The molecule has 0 bridgehead atoms. The minimum atomic E-state index is -4.71. The second-order valence-electron chi connectivity index (χ2n) is 11.7. The second-order valence-corrected chi connectivity index (χ2v) is 13.6. The number of carbonyl (C=O) groups excluding carboxylic acids is 2. The first-order chi connectivity index (χ1) is 19.5. The first kappa shape index (κ1) is 29.2. The SMILES string of the molecule is CC1(C)C[C@@H]1C(=O)N1CC2(CN(C(=O)c3cnc(C(F)(F)F)s3)CC2c2nnc(C(F)(F)c3ccc(Cl)c(Cl)c3)o2)C1. The first-order valence-electron chi connectivity index (χ1n) is 12.8. The molecule has 0 N–H and O–H groups in total. The molecule has 2 aromatic heterocycles. The molecule has 3 fully saturated rings. The Bertz CT molecular complexity index is 1590. The van der Waals surface area contributed by atoms with E-state index in [1.165, 1.54) is 11.0 Å². The summed E-state index contributed by atoms with van der Waals surface area (Å²) in [5, 5.41) is 6.33. The van der Waals surface area contributed by atoms with E-state index < -0.39 is 45.8 Å². The van der Waals surface area contributed by atoms with Gasteiger partial charge in [-0.3, -0.25) is 9.59 Å². The molecule has 1 aromatic carbocycles. The van der Waals surface area contributed by atoms with Gasteiger partial charge in [0.05, 0.1) is 22.2 Å². The molecule has 42 heavy (non-hydrogen) atoms. The number of thiazole rings is 1. The van der Waals surface area contributed by atoms with Crippen LogP contribution in [0, 0.1) is 16.7 Å². The number of amides is 2.